The molecule has 0 aromatic carbocycles. The molecule has 1 aliphatic carbocycles. The Labute approximate surface area is 184 Å². The molecule has 0 amide bonds. The summed E-state index contributed by atoms with van der Waals surface area (Å²) in [6, 6.07) is 3.20. The van der Waals surface area contributed by atoms with Crippen molar-refractivity contribution in [1.29, 1.82) is 0 Å². The fraction of sp³-hybridized carbons (Fsp3) is 0.708. The highest BCUT2D eigenvalue weighted by Gasteiger charge is 2.30. The van der Waals surface area contributed by atoms with Gasteiger partial charge in [0, 0.05) is 24.7 Å². The van der Waals surface area contributed by atoms with Crippen LogP contribution in [0.1, 0.15) is 77.6 Å². The number of nitrogens with one attached hydrogen (secondary N) is 1. The molecule has 7 heteroatoms. The van der Waals surface area contributed by atoms with Crippen molar-refractivity contribution >= 4 is 23.6 Å². The van der Waals surface area contributed by atoms with Gasteiger partial charge < -0.3 is 9.72 Å². The number of pyridine rings is 1. The molecule has 170 valence electrons. The standard InChI is InChI=1S/C24H37N5O2/c1-3-4-16-31-21-17-20(25-2)22-23(26-21)29(24(30)27-22)15-9-13-19-12-7-8-14-28(19)18-10-5-6-11-18/h17-19H,2-16H2,1H3,(H,27,30). The minimum absolute atomic E-state index is 0.130. The van der Waals surface area contributed by atoms with Crippen molar-refractivity contribution in [2.45, 2.75) is 96.2 Å². The van der Waals surface area contributed by atoms with Crippen LogP contribution in [0.3, 0.4) is 0 Å². The Kier molecular flexibility index (Phi) is 7.43. The van der Waals surface area contributed by atoms with Gasteiger partial charge in [0.25, 0.3) is 0 Å². The fourth-order valence-electron chi connectivity index (χ4n) is 5.34. The number of hydrogen-bond acceptors (Lipinski definition) is 5. The lowest BCUT2D eigenvalue weighted by molar-refractivity contribution is 0.0890. The summed E-state index contributed by atoms with van der Waals surface area (Å²) in [5.41, 5.74) is 1.76. The van der Waals surface area contributed by atoms with Gasteiger partial charge in [-0.3, -0.25) is 14.5 Å². The Morgan fingerprint density at radius 1 is 1.23 bits per heavy atom. The third kappa shape index (κ3) is 5.03. The number of unbranched alkanes of at least 4 members (excludes halogenated alkanes) is 1. The van der Waals surface area contributed by atoms with E-state index >= 15 is 0 Å². The van der Waals surface area contributed by atoms with Crippen LogP contribution in [0.4, 0.5) is 5.69 Å². The molecule has 0 radical (unpaired) electrons. The Morgan fingerprint density at radius 3 is 2.81 bits per heavy atom. The van der Waals surface area contributed by atoms with E-state index in [2.05, 4.69) is 33.5 Å². The predicted octanol–water partition coefficient (Wildman–Crippen LogP) is 4.81. The van der Waals surface area contributed by atoms with Gasteiger partial charge in [-0.15, -0.1) is 0 Å². The molecule has 1 N–H and O–H groups in total. The van der Waals surface area contributed by atoms with E-state index in [1.54, 1.807) is 10.6 Å². The molecule has 7 nitrogen and oxygen atoms in total. The van der Waals surface area contributed by atoms with E-state index in [1.165, 1.54) is 51.5 Å². The molecule has 1 atom stereocenters. The van der Waals surface area contributed by atoms with E-state index in [-0.39, 0.29) is 5.69 Å². The lowest BCUT2D eigenvalue weighted by atomic mass is 9.95. The summed E-state index contributed by atoms with van der Waals surface area (Å²) in [7, 11) is 0. The molecule has 31 heavy (non-hydrogen) atoms. The first-order valence-electron chi connectivity index (χ1n) is 12.2. The van der Waals surface area contributed by atoms with Gasteiger partial charge in [0.05, 0.1) is 12.3 Å². The summed E-state index contributed by atoms with van der Waals surface area (Å²) in [6.45, 7) is 8.30. The van der Waals surface area contributed by atoms with Gasteiger partial charge >= 0.3 is 5.69 Å². The maximum Gasteiger partial charge on any atom is 0.327 e. The minimum atomic E-state index is -0.130. The molecule has 2 aromatic heterocycles. The fourth-order valence-corrected chi connectivity index (χ4v) is 5.34. The molecule has 0 bridgehead atoms. The second kappa shape index (κ2) is 10.4. The number of ether oxygens (including phenoxy) is 1. The molecular formula is C24H37N5O2. The number of piperidine rings is 1. The number of hydrogen-bond donors (Lipinski definition) is 1. The lowest BCUT2D eigenvalue weighted by Gasteiger charge is -2.40. The van der Waals surface area contributed by atoms with Crippen LogP contribution in [0.15, 0.2) is 15.9 Å². The molecule has 2 aliphatic rings. The van der Waals surface area contributed by atoms with E-state index in [0.29, 0.717) is 41.9 Å². The summed E-state index contributed by atoms with van der Waals surface area (Å²) in [4.78, 5) is 27.1. The van der Waals surface area contributed by atoms with Crippen LogP contribution in [-0.2, 0) is 6.54 Å². The lowest BCUT2D eigenvalue weighted by Crippen LogP contribution is -2.45. The van der Waals surface area contributed by atoms with E-state index in [1.807, 2.05) is 0 Å². The number of aliphatic imine (C=N–C) groups is 1. The number of imidazole rings is 1. The molecule has 1 aliphatic heterocycles. The monoisotopic (exact) mass is 427 g/mol. The van der Waals surface area contributed by atoms with Crippen LogP contribution in [0.5, 0.6) is 5.88 Å². The summed E-state index contributed by atoms with van der Waals surface area (Å²) in [5.74, 6) is 0.510. The number of aromatic amines is 1. The van der Waals surface area contributed by atoms with Crippen LogP contribution in [0.2, 0.25) is 0 Å². The predicted molar refractivity (Wildman–Crippen MR) is 126 cm³/mol. The van der Waals surface area contributed by atoms with E-state index in [9.17, 15) is 4.79 Å². The second-order valence-electron chi connectivity index (χ2n) is 9.09. The number of H-pyrrole nitrogens is 1. The summed E-state index contributed by atoms with van der Waals surface area (Å²) in [6.07, 6.45) is 13.6. The van der Waals surface area contributed by atoms with Crippen molar-refractivity contribution in [3.8, 4) is 5.88 Å². The van der Waals surface area contributed by atoms with Gasteiger partial charge in [-0.2, -0.15) is 4.98 Å². The Hall–Kier alpha value is -2.15. The van der Waals surface area contributed by atoms with Crippen LogP contribution in [0, 0.1) is 0 Å². The van der Waals surface area contributed by atoms with Gasteiger partial charge in [0.2, 0.25) is 5.88 Å². The SMILES string of the molecule is C=Nc1cc(OCCCC)nc2c1[nH]c(=O)n2CCCC1CCCCN1C1CCCC1. The summed E-state index contributed by atoms with van der Waals surface area (Å²) < 4.78 is 7.55. The normalized spacial score (nSPS) is 20.5. The largest absolute Gasteiger partial charge is 0.478 e. The third-order valence-electron chi connectivity index (χ3n) is 6.99. The highest BCUT2D eigenvalue weighted by molar-refractivity contribution is 5.85. The molecule has 2 fully saturated rings. The number of rotatable bonds is 10. The topological polar surface area (TPSA) is 75.5 Å². The minimum Gasteiger partial charge on any atom is -0.478 e. The van der Waals surface area contributed by atoms with E-state index in [0.717, 1.165) is 31.7 Å². The van der Waals surface area contributed by atoms with Crippen molar-refractivity contribution in [1.82, 2.24) is 19.4 Å². The zero-order valence-electron chi connectivity index (χ0n) is 18.9. The van der Waals surface area contributed by atoms with Crippen LogP contribution < -0.4 is 10.4 Å². The van der Waals surface area contributed by atoms with E-state index in [4.69, 9.17) is 4.74 Å². The maximum absolute atomic E-state index is 12.7. The maximum atomic E-state index is 12.7. The van der Waals surface area contributed by atoms with Gasteiger partial charge in [-0.25, -0.2) is 4.79 Å². The second-order valence-corrected chi connectivity index (χ2v) is 9.09. The van der Waals surface area contributed by atoms with Crippen LogP contribution in [0.25, 0.3) is 11.2 Å². The number of aromatic nitrogens is 3. The molecule has 1 unspecified atom stereocenters. The average molecular weight is 428 g/mol. The van der Waals surface area contributed by atoms with E-state index < -0.39 is 0 Å². The van der Waals surface area contributed by atoms with Crippen molar-refractivity contribution in [2.75, 3.05) is 13.2 Å². The Balaban J connectivity index is 1.47. The van der Waals surface area contributed by atoms with Crippen molar-refractivity contribution < 1.29 is 4.74 Å². The van der Waals surface area contributed by atoms with Gasteiger partial charge in [-0.1, -0.05) is 32.6 Å². The molecule has 0 spiro atoms. The summed E-state index contributed by atoms with van der Waals surface area (Å²) in [5, 5.41) is 0. The first-order chi connectivity index (χ1) is 15.2. The first-order valence-corrected chi connectivity index (χ1v) is 12.2. The molecule has 2 aromatic rings. The Morgan fingerprint density at radius 2 is 2.03 bits per heavy atom. The average Bonchev–Trinajstić information content (AvgIpc) is 3.42. The highest BCUT2D eigenvalue weighted by Crippen LogP contribution is 2.31. The van der Waals surface area contributed by atoms with Crippen LogP contribution >= 0.6 is 0 Å². The summed E-state index contributed by atoms with van der Waals surface area (Å²) >= 11 is 0. The molecule has 3 heterocycles. The highest BCUT2D eigenvalue weighted by atomic mass is 16.5. The smallest absolute Gasteiger partial charge is 0.327 e. The molecule has 4 rings (SSSR count). The van der Waals surface area contributed by atoms with Crippen molar-refractivity contribution in [3.63, 3.8) is 0 Å². The van der Waals surface area contributed by atoms with Crippen LogP contribution in [-0.4, -0.2) is 51.4 Å². The zero-order valence-corrected chi connectivity index (χ0v) is 18.9. The van der Waals surface area contributed by atoms with Gasteiger partial charge in [0.15, 0.2) is 5.65 Å². The number of fused-ring (bicyclic) bond motifs is 1. The number of aryl methyl sites for hydroxylation is 1. The first kappa shape index (κ1) is 22.1. The molecule has 1 saturated heterocycles. The van der Waals surface area contributed by atoms with Gasteiger partial charge in [-0.05, 0) is 58.2 Å². The number of likely N-dealkylation sites (tertiary alicyclic amines) is 1. The quantitative estimate of drug-likeness (QED) is 0.436. The zero-order chi connectivity index (χ0) is 21.6. The number of nitrogens with zero attached hydrogens (tertiary/aromatic N) is 4. The van der Waals surface area contributed by atoms with Crippen molar-refractivity contribution in [2.24, 2.45) is 4.99 Å². The third-order valence-corrected chi connectivity index (χ3v) is 6.99. The van der Waals surface area contributed by atoms with Gasteiger partial charge in [0.1, 0.15) is 5.52 Å². The molecule has 1 saturated carbocycles. The Bertz CT molecular complexity index is 928. The van der Waals surface area contributed by atoms with Crippen molar-refractivity contribution in [3.05, 3.63) is 16.6 Å². The molecular weight excluding hydrogens is 390 g/mol.